The Kier molecular flexibility index (Phi) is 6.81. The summed E-state index contributed by atoms with van der Waals surface area (Å²) >= 11 is 0. The average molecular weight is 633 g/mol. The SMILES string of the molecule is CC1(C)OB(c2cccc3c(-c4c5ccccc5c(-c5ccc(-c6cccc7ccccc67)cc5)c5ccccc45)cccc23)OC1(C)C. The fraction of sp³-hybridized carbons (Fsp3) is 0.130. The number of hydrogen-bond donors (Lipinski definition) is 0. The van der Waals surface area contributed by atoms with Gasteiger partial charge >= 0.3 is 7.12 Å². The van der Waals surface area contributed by atoms with Gasteiger partial charge in [-0.05, 0) is 110 Å². The molecule has 1 fully saturated rings. The second-order valence-corrected chi connectivity index (χ2v) is 14.3. The Labute approximate surface area is 288 Å². The first-order valence-electron chi connectivity index (χ1n) is 17.2. The van der Waals surface area contributed by atoms with Crippen molar-refractivity contribution in [1.82, 2.24) is 0 Å². The number of fused-ring (bicyclic) bond motifs is 4. The molecule has 1 aliphatic rings. The van der Waals surface area contributed by atoms with Crippen molar-refractivity contribution in [1.29, 1.82) is 0 Å². The summed E-state index contributed by atoms with van der Waals surface area (Å²) in [5.74, 6) is 0. The van der Waals surface area contributed by atoms with Gasteiger partial charge in [0.1, 0.15) is 0 Å². The van der Waals surface area contributed by atoms with Crippen LogP contribution in [-0.4, -0.2) is 18.3 Å². The highest BCUT2D eigenvalue weighted by Gasteiger charge is 2.52. The largest absolute Gasteiger partial charge is 0.495 e. The smallest absolute Gasteiger partial charge is 0.399 e. The van der Waals surface area contributed by atoms with E-state index in [0.717, 1.165) is 10.8 Å². The van der Waals surface area contributed by atoms with Crippen molar-refractivity contribution in [2.24, 2.45) is 0 Å². The van der Waals surface area contributed by atoms with Crippen LogP contribution in [0.5, 0.6) is 0 Å². The van der Waals surface area contributed by atoms with E-state index in [0.29, 0.717) is 0 Å². The van der Waals surface area contributed by atoms with Crippen molar-refractivity contribution in [2.45, 2.75) is 38.9 Å². The second kappa shape index (κ2) is 11.2. The third-order valence-corrected chi connectivity index (χ3v) is 10.9. The summed E-state index contributed by atoms with van der Waals surface area (Å²) in [5, 5.41) is 9.84. The molecule has 0 unspecified atom stereocenters. The molecule has 1 saturated heterocycles. The molecule has 2 nitrogen and oxygen atoms in total. The highest BCUT2D eigenvalue weighted by atomic mass is 16.7. The molecule has 0 aromatic heterocycles. The second-order valence-electron chi connectivity index (χ2n) is 14.3. The minimum Gasteiger partial charge on any atom is -0.399 e. The quantitative estimate of drug-likeness (QED) is 0.142. The normalized spacial score (nSPS) is 15.5. The Balaban J connectivity index is 1.24. The molecule has 236 valence electrons. The predicted molar refractivity (Wildman–Crippen MR) is 208 cm³/mol. The molecule has 0 N–H and O–H groups in total. The zero-order chi connectivity index (χ0) is 33.3. The third-order valence-electron chi connectivity index (χ3n) is 10.9. The highest BCUT2D eigenvalue weighted by Crippen LogP contribution is 2.46. The van der Waals surface area contributed by atoms with Gasteiger partial charge in [0.2, 0.25) is 0 Å². The van der Waals surface area contributed by atoms with Crippen LogP contribution in [0.3, 0.4) is 0 Å². The zero-order valence-electron chi connectivity index (χ0n) is 28.3. The van der Waals surface area contributed by atoms with E-state index in [1.165, 1.54) is 71.1 Å². The van der Waals surface area contributed by atoms with Gasteiger partial charge in [-0.1, -0.05) is 152 Å². The Morgan fingerprint density at radius 2 is 0.816 bits per heavy atom. The van der Waals surface area contributed by atoms with Crippen LogP contribution in [0.4, 0.5) is 0 Å². The van der Waals surface area contributed by atoms with Crippen LogP contribution < -0.4 is 5.46 Å². The van der Waals surface area contributed by atoms with Gasteiger partial charge in [0, 0.05) is 0 Å². The lowest BCUT2D eigenvalue weighted by atomic mass is 9.75. The molecule has 0 radical (unpaired) electrons. The van der Waals surface area contributed by atoms with Gasteiger partial charge in [-0.15, -0.1) is 0 Å². The molecule has 3 heteroatoms. The van der Waals surface area contributed by atoms with E-state index >= 15 is 0 Å². The van der Waals surface area contributed by atoms with Crippen molar-refractivity contribution < 1.29 is 9.31 Å². The molecule has 8 aromatic carbocycles. The molecule has 1 aliphatic heterocycles. The van der Waals surface area contributed by atoms with Crippen molar-refractivity contribution in [3.05, 3.63) is 152 Å². The maximum atomic E-state index is 6.54. The van der Waals surface area contributed by atoms with Crippen molar-refractivity contribution in [2.75, 3.05) is 0 Å². The molecular formula is C46H37BO2. The average Bonchev–Trinajstić information content (AvgIpc) is 3.35. The first kappa shape index (κ1) is 29.9. The highest BCUT2D eigenvalue weighted by molar-refractivity contribution is 6.65. The molecule has 0 amide bonds. The first-order valence-corrected chi connectivity index (χ1v) is 17.2. The zero-order valence-corrected chi connectivity index (χ0v) is 28.3. The molecule has 0 aliphatic carbocycles. The summed E-state index contributed by atoms with van der Waals surface area (Å²) < 4.78 is 13.1. The number of rotatable bonds is 4. The summed E-state index contributed by atoms with van der Waals surface area (Å²) in [6, 6.07) is 55.2. The van der Waals surface area contributed by atoms with Gasteiger partial charge in [-0.25, -0.2) is 0 Å². The summed E-state index contributed by atoms with van der Waals surface area (Å²) in [5.41, 5.74) is 7.65. The van der Waals surface area contributed by atoms with E-state index in [9.17, 15) is 0 Å². The van der Waals surface area contributed by atoms with Gasteiger partial charge in [0.15, 0.2) is 0 Å². The van der Waals surface area contributed by atoms with Gasteiger partial charge in [0.25, 0.3) is 0 Å². The van der Waals surface area contributed by atoms with Crippen molar-refractivity contribution >= 4 is 55.7 Å². The fourth-order valence-corrected chi connectivity index (χ4v) is 7.75. The van der Waals surface area contributed by atoms with Crippen LogP contribution in [0.2, 0.25) is 0 Å². The molecule has 0 atom stereocenters. The molecule has 0 saturated carbocycles. The molecular weight excluding hydrogens is 595 g/mol. The Morgan fingerprint density at radius 3 is 1.47 bits per heavy atom. The van der Waals surface area contributed by atoms with E-state index < -0.39 is 18.3 Å². The molecule has 8 aromatic rings. The standard InChI is InChI=1S/C46H37BO2/c1-45(2)46(3,4)49-47(48-45)42-25-13-22-35-36(42)23-12-24-37(35)44-40-19-9-7-17-38(40)43(39-18-8-10-20-41(39)44)32-28-26-31(27-29-32)34-21-11-15-30-14-5-6-16-33(30)34/h5-29H,1-4H3. The maximum absolute atomic E-state index is 6.54. The van der Waals surface area contributed by atoms with Gasteiger partial charge in [0.05, 0.1) is 11.2 Å². The summed E-state index contributed by atoms with van der Waals surface area (Å²) in [6.45, 7) is 8.45. The van der Waals surface area contributed by atoms with Crippen LogP contribution >= 0.6 is 0 Å². The van der Waals surface area contributed by atoms with Crippen LogP contribution in [0, 0.1) is 0 Å². The van der Waals surface area contributed by atoms with E-state index in [1.54, 1.807) is 0 Å². The van der Waals surface area contributed by atoms with Crippen LogP contribution in [0.1, 0.15) is 27.7 Å². The predicted octanol–water partition coefficient (Wildman–Crippen LogP) is 11.6. The number of benzene rings is 8. The fourth-order valence-electron chi connectivity index (χ4n) is 7.75. The Morgan fingerprint density at radius 1 is 0.367 bits per heavy atom. The van der Waals surface area contributed by atoms with E-state index in [1.807, 2.05) is 0 Å². The molecule has 9 rings (SSSR count). The summed E-state index contributed by atoms with van der Waals surface area (Å²) in [6.07, 6.45) is 0. The van der Waals surface area contributed by atoms with Gasteiger partial charge in [-0.2, -0.15) is 0 Å². The van der Waals surface area contributed by atoms with Gasteiger partial charge in [-0.3, -0.25) is 0 Å². The third kappa shape index (κ3) is 4.72. The van der Waals surface area contributed by atoms with Gasteiger partial charge < -0.3 is 9.31 Å². The Bertz CT molecular complexity index is 2490. The maximum Gasteiger partial charge on any atom is 0.495 e. The monoisotopic (exact) mass is 632 g/mol. The van der Waals surface area contributed by atoms with E-state index in [4.69, 9.17) is 9.31 Å². The lowest BCUT2D eigenvalue weighted by Gasteiger charge is -2.32. The van der Waals surface area contributed by atoms with Crippen LogP contribution in [-0.2, 0) is 9.31 Å². The van der Waals surface area contributed by atoms with Crippen LogP contribution in [0.25, 0.3) is 76.5 Å². The lowest BCUT2D eigenvalue weighted by Crippen LogP contribution is -2.41. The summed E-state index contributed by atoms with van der Waals surface area (Å²) in [7, 11) is -0.434. The topological polar surface area (TPSA) is 18.5 Å². The van der Waals surface area contributed by atoms with Crippen molar-refractivity contribution in [3.8, 4) is 33.4 Å². The van der Waals surface area contributed by atoms with Crippen LogP contribution in [0.15, 0.2) is 152 Å². The lowest BCUT2D eigenvalue weighted by molar-refractivity contribution is 0.00578. The molecule has 1 heterocycles. The summed E-state index contributed by atoms with van der Waals surface area (Å²) in [4.78, 5) is 0. The molecule has 49 heavy (non-hydrogen) atoms. The number of hydrogen-bond acceptors (Lipinski definition) is 2. The molecule has 0 spiro atoms. The van der Waals surface area contributed by atoms with Crippen molar-refractivity contribution in [3.63, 3.8) is 0 Å². The molecule has 0 bridgehead atoms. The first-order chi connectivity index (χ1) is 23.8. The Hall–Kier alpha value is -5.22. The van der Waals surface area contributed by atoms with E-state index in [2.05, 4.69) is 179 Å². The van der Waals surface area contributed by atoms with E-state index in [-0.39, 0.29) is 0 Å². The minimum absolute atomic E-state index is 0.410. The minimum atomic E-state index is -0.434.